The minimum Gasteiger partial charge on any atom is -0.289 e. The van der Waals surface area contributed by atoms with Gasteiger partial charge in [0.15, 0.2) is 0 Å². The normalized spacial score (nSPS) is 10.4. The molecule has 0 saturated carbocycles. The third-order valence-corrected chi connectivity index (χ3v) is 2.59. The molecule has 0 unspecified atom stereocenters. The van der Waals surface area contributed by atoms with Crippen LogP contribution in [0.2, 0.25) is 0 Å². The molecule has 0 atom stereocenters. The number of nitrogens with one attached hydrogen (secondary N) is 1. The fourth-order valence-electron chi connectivity index (χ4n) is 1.76. The Bertz CT molecular complexity index is 576. The lowest BCUT2D eigenvalue weighted by Crippen LogP contribution is -2.30. The molecule has 0 saturated heterocycles. The van der Waals surface area contributed by atoms with Gasteiger partial charge >= 0.3 is 0 Å². The zero-order chi connectivity index (χ0) is 13.1. The van der Waals surface area contributed by atoms with Gasteiger partial charge in [-0.3, -0.25) is 14.9 Å². The van der Waals surface area contributed by atoms with Crippen LogP contribution >= 0.6 is 0 Å². The van der Waals surface area contributed by atoms with Crippen molar-refractivity contribution in [1.29, 1.82) is 0 Å². The number of carbonyl (C=O) groups is 1. The number of nitrogens with zero attached hydrogens (tertiary/aromatic N) is 3. The molecule has 0 bridgehead atoms. The highest BCUT2D eigenvalue weighted by Crippen LogP contribution is 2.06. The van der Waals surface area contributed by atoms with Gasteiger partial charge in [-0.1, -0.05) is 6.07 Å². The number of hydrogen-bond acceptors (Lipinski definition) is 4. The predicted octanol–water partition coefficient (Wildman–Crippen LogP) is 0.547. The minimum absolute atomic E-state index is 0.302. The number of carbonyl (C=O) groups excluding carboxylic acids is 1. The lowest BCUT2D eigenvalue weighted by molar-refractivity contribution is 0.0948. The van der Waals surface area contributed by atoms with E-state index in [4.69, 9.17) is 5.84 Å². The molecule has 3 N–H and O–H groups in total. The Morgan fingerprint density at radius 3 is 2.83 bits per heavy atom. The van der Waals surface area contributed by atoms with Crippen LogP contribution in [0.3, 0.4) is 0 Å². The molecule has 0 radical (unpaired) electrons. The summed E-state index contributed by atoms with van der Waals surface area (Å²) in [4.78, 5) is 15.6. The molecule has 18 heavy (non-hydrogen) atoms. The van der Waals surface area contributed by atoms with Gasteiger partial charge in [-0.05, 0) is 32.0 Å². The van der Waals surface area contributed by atoms with E-state index >= 15 is 0 Å². The Kier molecular flexibility index (Phi) is 3.38. The van der Waals surface area contributed by atoms with E-state index in [0.717, 1.165) is 17.1 Å². The first-order chi connectivity index (χ1) is 8.60. The molecule has 2 rings (SSSR count). The number of nitrogens with two attached hydrogens (primary N) is 1. The second-order valence-corrected chi connectivity index (χ2v) is 4.07. The first-order valence-corrected chi connectivity index (χ1v) is 5.58. The van der Waals surface area contributed by atoms with Crippen molar-refractivity contribution in [2.24, 2.45) is 5.84 Å². The van der Waals surface area contributed by atoms with Gasteiger partial charge in [-0.2, -0.15) is 5.10 Å². The predicted molar refractivity (Wildman–Crippen MR) is 66.7 cm³/mol. The first-order valence-electron chi connectivity index (χ1n) is 5.58. The van der Waals surface area contributed by atoms with Crippen LogP contribution in [0, 0.1) is 13.8 Å². The highest BCUT2D eigenvalue weighted by Gasteiger charge is 2.07. The van der Waals surface area contributed by atoms with E-state index in [-0.39, 0.29) is 0 Å². The Morgan fingerprint density at radius 2 is 2.22 bits per heavy atom. The van der Waals surface area contributed by atoms with E-state index in [0.29, 0.717) is 12.2 Å². The van der Waals surface area contributed by atoms with Crippen molar-refractivity contribution < 1.29 is 4.79 Å². The fourth-order valence-corrected chi connectivity index (χ4v) is 1.76. The lowest BCUT2D eigenvalue weighted by Gasteiger charge is -2.05. The van der Waals surface area contributed by atoms with Crippen LogP contribution in [-0.4, -0.2) is 20.7 Å². The first kappa shape index (κ1) is 12.3. The molecule has 0 aromatic carbocycles. The van der Waals surface area contributed by atoms with Gasteiger partial charge < -0.3 is 0 Å². The SMILES string of the molecule is Cc1cc(C)n(Cc2cccc(C(=O)NN)n2)n1. The highest BCUT2D eigenvalue weighted by atomic mass is 16.2. The van der Waals surface area contributed by atoms with Crippen LogP contribution in [0.15, 0.2) is 24.3 Å². The fraction of sp³-hybridized carbons (Fsp3) is 0.250. The Labute approximate surface area is 105 Å². The number of pyridine rings is 1. The van der Waals surface area contributed by atoms with Crippen LogP contribution in [0.25, 0.3) is 0 Å². The van der Waals surface area contributed by atoms with Gasteiger partial charge in [-0.15, -0.1) is 0 Å². The van der Waals surface area contributed by atoms with Crippen molar-refractivity contribution in [2.45, 2.75) is 20.4 Å². The van der Waals surface area contributed by atoms with Crippen LogP contribution in [0.1, 0.15) is 27.6 Å². The minimum atomic E-state index is -0.398. The molecule has 0 aliphatic heterocycles. The van der Waals surface area contributed by atoms with E-state index in [1.165, 1.54) is 0 Å². The number of aryl methyl sites for hydroxylation is 2. The number of hydrogen-bond donors (Lipinski definition) is 2. The summed E-state index contributed by atoms with van der Waals surface area (Å²) in [6, 6.07) is 7.24. The molecule has 2 heterocycles. The van der Waals surface area contributed by atoms with Crippen LogP contribution in [-0.2, 0) is 6.54 Å². The summed E-state index contributed by atoms with van der Waals surface area (Å²) in [5.74, 6) is 4.68. The maximum Gasteiger partial charge on any atom is 0.283 e. The lowest BCUT2D eigenvalue weighted by atomic mass is 10.3. The van der Waals surface area contributed by atoms with Crippen molar-refractivity contribution in [1.82, 2.24) is 20.2 Å². The molecule has 6 nitrogen and oxygen atoms in total. The molecule has 2 aromatic heterocycles. The summed E-state index contributed by atoms with van der Waals surface area (Å²) in [5.41, 5.74) is 5.15. The van der Waals surface area contributed by atoms with Crippen molar-refractivity contribution in [2.75, 3.05) is 0 Å². The van der Waals surface area contributed by atoms with Gasteiger partial charge in [0.05, 0.1) is 17.9 Å². The molecule has 0 fully saturated rings. The number of amides is 1. The third-order valence-electron chi connectivity index (χ3n) is 2.59. The molecule has 94 valence electrons. The Morgan fingerprint density at radius 1 is 1.44 bits per heavy atom. The zero-order valence-corrected chi connectivity index (χ0v) is 10.3. The molecular weight excluding hydrogens is 230 g/mol. The maximum absolute atomic E-state index is 11.4. The standard InChI is InChI=1S/C12H15N5O/c1-8-6-9(2)17(16-8)7-10-4-3-5-11(14-10)12(18)15-13/h3-6H,7,13H2,1-2H3,(H,15,18). The van der Waals surface area contributed by atoms with Crippen molar-refractivity contribution in [3.8, 4) is 0 Å². The summed E-state index contributed by atoms with van der Waals surface area (Å²) in [6.07, 6.45) is 0. The average Bonchev–Trinajstić information content (AvgIpc) is 2.67. The second kappa shape index (κ2) is 4.97. The highest BCUT2D eigenvalue weighted by molar-refractivity contribution is 5.91. The molecule has 0 aliphatic rings. The summed E-state index contributed by atoms with van der Waals surface area (Å²) >= 11 is 0. The van der Waals surface area contributed by atoms with Crippen LogP contribution < -0.4 is 11.3 Å². The monoisotopic (exact) mass is 245 g/mol. The van der Waals surface area contributed by atoms with Gasteiger partial charge in [0.1, 0.15) is 5.69 Å². The largest absolute Gasteiger partial charge is 0.289 e. The molecule has 6 heteroatoms. The van der Waals surface area contributed by atoms with Gasteiger partial charge in [0, 0.05) is 5.69 Å². The van der Waals surface area contributed by atoms with E-state index < -0.39 is 5.91 Å². The van der Waals surface area contributed by atoms with Crippen LogP contribution in [0.5, 0.6) is 0 Å². The smallest absolute Gasteiger partial charge is 0.283 e. The zero-order valence-electron chi connectivity index (χ0n) is 10.3. The van der Waals surface area contributed by atoms with Crippen molar-refractivity contribution >= 4 is 5.91 Å². The number of rotatable bonds is 3. The number of aromatic nitrogens is 3. The summed E-state index contributed by atoms with van der Waals surface area (Å²) in [6.45, 7) is 4.46. The van der Waals surface area contributed by atoms with Crippen molar-refractivity contribution in [3.63, 3.8) is 0 Å². The van der Waals surface area contributed by atoms with Gasteiger partial charge in [0.2, 0.25) is 0 Å². The summed E-state index contributed by atoms with van der Waals surface area (Å²) in [5, 5.41) is 4.35. The molecule has 0 spiro atoms. The Balaban J connectivity index is 2.24. The van der Waals surface area contributed by atoms with Gasteiger partial charge in [-0.25, -0.2) is 10.8 Å². The quantitative estimate of drug-likeness (QED) is 0.469. The van der Waals surface area contributed by atoms with Gasteiger partial charge in [0.25, 0.3) is 5.91 Å². The maximum atomic E-state index is 11.4. The topological polar surface area (TPSA) is 85.8 Å². The van der Waals surface area contributed by atoms with E-state index in [1.54, 1.807) is 12.1 Å². The average molecular weight is 245 g/mol. The number of hydrazine groups is 1. The van der Waals surface area contributed by atoms with E-state index in [9.17, 15) is 4.79 Å². The van der Waals surface area contributed by atoms with E-state index in [2.05, 4.69) is 15.5 Å². The molecule has 0 aliphatic carbocycles. The summed E-state index contributed by atoms with van der Waals surface area (Å²) < 4.78 is 1.85. The van der Waals surface area contributed by atoms with E-state index in [1.807, 2.05) is 30.7 Å². The van der Waals surface area contributed by atoms with Crippen molar-refractivity contribution in [3.05, 3.63) is 47.0 Å². The molecule has 1 amide bonds. The third kappa shape index (κ3) is 2.54. The Hall–Kier alpha value is -2.21. The molecular formula is C12H15N5O. The molecule has 2 aromatic rings. The number of nitrogen functional groups attached to an aromatic ring is 1. The summed E-state index contributed by atoms with van der Waals surface area (Å²) in [7, 11) is 0. The second-order valence-electron chi connectivity index (χ2n) is 4.07. The van der Waals surface area contributed by atoms with Crippen LogP contribution in [0.4, 0.5) is 0 Å².